The molecule has 1 fully saturated rings. The largest absolute Gasteiger partial charge is 0.490 e. The third-order valence-corrected chi connectivity index (χ3v) is 9.79. The number of aliphatic hydroxyl groups excluding tert-OH is 1. The molecule has 0 bridgehead atoms. The molecule has 4 aliphatic rings. The van der Waals surface area contributed by atoms with E-state index in [1.54, 1.807) is 6.07 Å². The van der Waals surface area contributed by atoms with Crippen LogP contribution in [0.25, 0.3) is 0 Å². The standard InChI is InChI=1S/C32H38ClNO4/c1-37-31(36)23-10-14-29-28(17-23)34(18-24-9-12-26(24)30(35)21-6-3-2-4-7-21)19-32(20-38-29)15-5-8-22-16-25(33)11-13-27(22)32/h3,6,10-11,13-14,16-17,21,24,26,30,35H,2,4-5,7-9,12,15,18-20H2,1H3/t21-,24-,26+,30+,32-/m0/s1. The molecule has 3 aliphatic carbocycles. The van der Waals surface area contributed by atoms with E-state index in [-0.39, 0.29) is 23.4 Å². The number of ether oxygens (including phenoxy) is 2. The van der Waals surface area contributed by atoms with Gasteiger partial charge in [-0.15, -0.1) is 0 Å². The van der Waals surface area contributed by atoms with Gasteiger partial charge >= 0.3 is 5.97 Å². The van der Waals surface area contributed by atoms with Crippen LogP contribution in [-0.4, -0.2) is 44.0 Å². The molecule has 202 valence electrons. The second-order valence-corrected chi connectivity index (χ2v) is 12.2. The van der Waals surface area contributed by atoms with Crippen molar-refractivity contribution < 1.29 is 19.4 Å². The average Bonchev–Trinajstić information content (AvgIpc) is 3.08. The van der Waals surface area contributed by atoms with E-state index in [1.165, 1.54) is 18.2 Å². The molecular weight excluding hydrogens is 498 g/mol. The molecular formula is C32H38ClNO4. The van der Waals surface area contributed by atoms with Crippen molar-refractivity contribution in [2.45, 2.75) is 62.9 Å². The number of benzene rings is 2. The Balaban J connectivity index is 1.34. The van der Waals surface area contributed by atoms with E-state index in [9.17, 15) is 9.90 Å². The first kappa shape index (κ1) is 25.8. The van der Waals surface area contributed by atoms with Gasteiger partial charge in [0.05, 0.1) is 31.1 Å². The molecule has 1 N–H and O–H groups in total. The molecule has 0 aromatic heterocycles. The van der Waals surface area contributed by atoms with Crippen molar-refractivity contribution in [3.05, 3.63) is 70.3 Å². The number of methoxy groups -OCH3 is 1. The Bertz CT molecular complexity index is 1230. The topological polar surface area (TPSA) is 59.0 Å². The Morgan fingerprint density at radius 2 is 2.11 bits per heavy atom. The Morgan fingerprint density at radius 1 is 1.21 bits per heavy atom. The van der Waals surface area contributed by atoms with Crippen LogP contribution in [0.2, 0.25) is 5.02 Å². The number of aryl methyl sites for hydroxylation is 1. The lowest BCUT2D eigenvalue weighted by atomic mass is 9.66. The number of aliphatic hydroxyl groups is 1. The number of nitrogens with zero attached hydrogens (tertiary/aromatic N) is 1. The van der Waals surface area contributed by atoms with Crippen LogP contribution in [0.5, 0.6) is 5.75 Å². The molecule has 6 rings (SSSR count). The monoisotopic (exact) mass is 535 g/mol. The van der Waals surface area contributed by atoms with E-state index >= 15 is 0 Å². The first-order valence-electron chi connectivity index (χ1n) is 14.2. The van der Waals surface area contributed by atoms with Crippen LogP contribution in [0.4, 0.5) is 5.69 Å². The fourth-order valence-corrected chi connectivity index (χ4v) is 7.55. The number of hydrogen-bond acceptors (Lipinski definition) is 5. The molecule has 0 saturated heterocycles. The summed E-state index contributed by atoms with van der Waals surface area (Å²) < 4.78 is 11.6. The predicted octanol–water partition coefficient (Wildman–Crippen LogP) is 6.34. The highest BCUT2D eigenvalue weighted by Gasteiger charge is 2.45. The zero-order valence-corrected chi connectivity index (χ0v) is 23.0. The number of fused-ring (bicyclic) bond motifs is 3. The molecule has 1 saturated carbocycles. The molecule has 2 aromatic carbocycles. The minimum atomic E-state index is -0.342. The lowest BCUT2D eigenvalue weighted by Gasteiger charge is -2.46. The lowest BCUT2D eigenvalue weighted by molar-refractivity contribution is -0.0131. The first-order chi connectivity index (χ1) is 18.5. The highest BCUT2D eigenvalue weighted by atomic mass is 35.5. The zero-order valence-electron chi connectivity index (χ0n) is 22.2. The van der Waals surface area contributed by atoms with Gasteiger partial charge in [0.15, 0.2) is 0 Å². The summed E-state index contributed by atoms with van der Waals surface area (Å²) in [5.41, 5.74) is 3.96. The minimum absolute atomic E-state index is 0.160. The van der Waals surface area contributed by atoms with Crippen molar-refractivity contribution in [3.8, 4) is 5.75 Å². The minimum Gasteiger partial charge on any atom is -0.490 e. The number of halogens is 1. The fourth-order valence-electron chi connectivity index (χ4n) is 7.35. The zero-order chi connectivity index (χ0) is 26.3. The van der Waals surface area contributed by atoms with Crippen LogP contribution in [0.15, 0.2) is 48.6 Å². The van der Waals surface area contributed by atoms with Crippen molar-refractivity contribution in [1.82, 2.24) is 0 Å². The SMILES string of the molecule is COC(=O)c1ccc2c(c1)N(C[C@@H]1CC[C@H]1[C@H](O)[C@H]1C=CCCC1)C[C@@]1(CCCc3cc(Cl)ccc31)CO2. The summed E-state index contributed by atoms with van der Waals surface area (Å²) in [6.07, 6.45) is 12.9. The van der Waals surface area contributed by atoms with E-state index in [1.807, 2.05) is 18.2 Å². The van der Waals surface area contributed by atoms with Crippen molar-refractivity contribution in [2.24, 2.45) is 17.8 Å². The third kappa shape index (κ3) is 4.73. The summed E-state index contributed by atoms with van der Waals surface area (Å²) >= 11 is 6.39. The summed E-state index contributed by atoms with van der Waals surface area (Å²) in [7, 11) is 1.42. The highest BCUT2D eigenvalue weighted by Crippen LogP contribution is 2.47. The van der Waals surface area contributed by atoms with Gasteiger partial charge < -0.3 is 19.5 Å². The van der Waals surface area contributed by atoms with E-state index in [4.69, 9.17) is 21.1 Å². The second-order valence-electron chi connectivity index (χ2n) is 11.8. The molecule has 0 unspecified atom stereocenters. The average molecular weight is 536 g/mol. The summed E-state index contributed by atoms with van der Waals surface area (Å²) in [6.45, 7) is 2.23. The number of carbonyl (C=O) groups is 1. The molecule has 0 amide bonds. The number of carbonyl (C=O) groups excluding carboxylic acids is 1. The van der Waals surface area contributed by atoms with Gasteiger partial charge in [0.2, 0.25) is 0 Å². The summed E-state index contributed by atoms with van der Waals surface area (Å²) in [6, 6.07) is 12.0. The normalized spacial score (nSPS) is 28.9. The number of anilines is 1. The Morgan fingerprint density at radius 3 is 2.87 bits per heavy atom. The van der Waals surface area contributed by atoms with Crippen LogP contribution in [0.3, 0.4) is 0 Å². The van der Waals surface area contributed by atoms with Crippen LogP contribution in [-0.2, 0) is 16.6 Å². The van der Waals surface area contributed by atoms with Gasteiger partial charge in [-0.05, 0) is 105 Å². The van der Waals surface area contributed by atoms with Crippen LogP contribution in [0.1, 0.15) is 66.4 Å². The van der Waals surface area contributed by atoms with Gasteiger partial charge in [0.1, 0.15) is 5.75 Å². The molecule has 1 heterocycles. The maximum absolute atomic E-state index is 12.5. The molecule has 5 atom stereocenters. The van der Waals surface area contributed by atoms with Crippen LogP contribution < -0.4 is 9.64 Å². The van der Waals surface area contributed by atoms with Gasteiger partial charge in [-0.3, -0.25) is 0 Å². The van der Waals surface area contributed by atoms with E-state index in [0.29, 0.717) is 24.0 Å². The molecule has 2 aromatic rings. The van der Waals surface area contributed by atoms with E-state index in [0.717, 1.165) is 80.9 Å². The van der Waals surface area contributed by atoms with Gasteiger partial charge in [-0.1, -0.05) is 29.8 Å². The number of rotatable bonds is 5. The quantitative estimate of drug-likeness (QED) is 0.357. The van der Waals surface area contributed by atoms with Gasteiger partial charge in [0, 0.05) is 29.4 Å². The van der Waals surface area contributed by atoms with E-state index < -0.39 is 0 Å². The van der Waals surface area contributed by atoms with Crippen LogP contribution >= 0.6 is 11.6 Å². The Hall–Kier alpha value is -2.50. The molecule has 6 heteroatoms. The number of esters is 1. The lowest BCUT2D eigenvalue weighted by Crippen LogP contribution is -2.50. The molecule has 1 aliphatic heterocycles. The molecule has 5 nitrogen and oxygen atoms in total. The molecule has 0 radical (unpaired) electrons. The maximum atomic E-state index is 12.5. The summed E-state index contributed by atoms with van der Waals surface area (Å²) in [4.78, 5) is 14.9. The summed E-state index contributed by atoms with van der Waals surface area (Å²) in [5, 5.41) is 12.1. The van der Waals surface area contributed by atoms with Gasteiger partial charge in [-0.25, -0.2) is 4.79 Å². The number of hydrogen-bond donors (Lipinski definition) is 1. The predicted molar refractivity (Wildman–Crippen MR) is 150 cm³/mol. The van der Waals surface area contributed by atoms with Crippen molar-refractivity contribution in [3.63, 3.8) is 0 Å². The first-order valence-corrected chi connectivity index (χ1v) is 14.6. The van der Waals surface area contributed by atoms with E-state index in [2.05, 4.69) is 29.2 Å². The fraction of sp³-hybridized carbons (Fsp3) is 0.531. The Kier molecular flexibility index (Phi) is 7.17. The Labute approximate surface area is 230 Å². The summed E-state index contributed by atoms with van der Waals surface area (Å²) in [5.74, 6) is 1.43. The smallest absolute Gasteiger partial charge is 0.337 e. The van der Waals surface area contributed by atoms with Crippen molar-refractivity contribution in [2.75, 3.05) is 31.7 Å². The van der Waals surface area contributed by atoms with Gasteiger partial charge in [-0.2, -0.15) is 0 Å². The molecule has 38 heavy (non-hydrogen) atoms. The number of allylic oxidation sites excluding steroid dienone is 1. The van der Waals surface area contributed by atoms with Crippen molar-refractivity contribution >= 4 is 23.3 Å². The molecule has 1 spiro atoms. The van der Waals surface area contributed by atoms with Crippen LogP contribution in [0, 0.1) is 17.8 Å². The highest BCUT2D eigenvalue weighted by molar-refractivity contribution is 6.30. The van der Waals surface area contributed by atoms with Gasteiger partial charge in [0.25, 0.3) is 0 Å². The van der Waals surface area contributed by atoms with Crippen molar-refractivity contribution in [1.29, 1.82) is 0 Å². The maximum Gasteiger partial charge on any atom is 0.337 e. The second kappa shape index (κ2) is 10.6. The third-order valence-electron chi connectivity index (χ3n) is 9.56.